The second-order valence-corrected chi connectivity index (χ2v) is 7.41. The molecule has 0 aliphatic carbocycles. The van der Waals surface area contributed by atoms with Crippen LogP contribution >= 0.6 is 23.2 Å². The maximum Gasteiger partial charge on any atom is 0.149 e. The molecule has 7 heteroatoms. The maximum absolute atomic E-state index is 10.5. The van der Waals surface area contributed by atoms with Crippen LogP contribution in [0.15, 0.2) is 41.6 Å². The van der Waals surface area contributed by atoms with Crippen molar-refractivity contribution in [3.8, 4) is 5.75 Å². The van der Waals surface area contributed by atoms with Crippen molar-refractivity contribution in [1.82, 2.24) is 10.2 Å². The van der Waals surface area contributed by atoms with E-state index >= 15 is 0 Å². The summed E-state index contributed by atoms with van der Waals surface area (Å²) in [6, 6.07) is 11.2. The molecule has 0 unspecified atom stereocenters. The predicted molar refractivity (Wildman–Crippen MR) is 105 cm³/mol. The zero-order chi connectivity index (χ0) is 18.5. The number of phenolic OH excluding ortho intramolecular Hbond substituents is 1. The number of nitroso groups, excluding NO2 is 1. The molecule has 1 saturated heterocycles. The van der Waals surface area contributed by atoms with Crippen LogP contribution in [-0.2, 0) is 13.1 Å². The average molecular weight is 394 g/mol. The summed E-state index contributed by atoms with van der Waals surface area (Å²) in [5, 5.41) is 17.2. The molecule has 1 heterocycles. The smallest absolute Gasteiger partial charge is 0.149 e. The van der Waals surface area contributed by atoms with Gasteiger partial charge in [-0.15, -0.1) is 4.91 Å². The Hall–Kier alpha value is -1.66. The first-order valence-corrected chi connectivity index (χ1v) is 9.35. The third-order valence-corrected chi connectivity index (χ3v) is 5.45. The first kappa shape index (κ1) is 19.1. The van der Waals surface area contributed by atoms with Gasteiger partial charge in [0, 0.05) is 19.1 Å². The highest BCUT2D eigenvalue weighted by Crippen LogP contribution is 2.27. The molecule has 1 aliphatic heterocycles. The van der Waals surface area contributed by atoms with Gasteiger partial charge in [-0.1, -0.05) is 35.3 Å². The van der Waals surface area contributed by atoms with Crippen LogP contribution in [0.25, 0.3) is 0 Å². The van der Waals surface area contributed by atoms with Gasteiger partial charge in [0.25, 0.3) is 0 Å². The molecule has 1 fully saturated rings. The second kappa shape index (κ2) is 8.82. The number of benzene rings is 2. The van der Waals surface area contributed by atoms with Crippen molar-refractivity contribution >= 4 is 28.9 Å². The standard InChI is InChI=1S/C19H21Cl2N3O2/c20-16-3-1-14(9-17(16)21)12-24-7-5-15(6-8-24)22-11-13-2-4-18(23-26)19(25)10-13/h1-4,9-10,15,22,25H,5-8,11-12H2. The second-order valence-electron chi connectivity index (χ2n) is 6.59. The molecule has 0 radical (unpaired) electrons. The monoisotopic (exact) mass is 393 g/mol. The highest BCUT2D eigenvalue weighted by atomic mass is 35.5. The summed E-state index contributed by atoms with van der Waals surface area (Å²) in [6.45, 7) is 3.55. The van der Waals surface area contributed by atoms with Gasteiger partial charge in [-0.25, -0.2) is 0 Å². The molecule has 1 aliphatic rings. The summed E-state index contributed by atoms with van der Waals surface area (Å²) in [6.07, 6.45) is 2.11. The van der Waals surface area contributed by atoms with Crippen LogP contribution in [0.4, 0.5) is 5.69 Å². The van der Waals surface area contributed by atoms with Crippen molar-refractivity contribution in [3.63, 3.8) is 0 Å². The molecule has 0 aromatic heterocycles. The SMILES string of the molecule is O=Nc1ccc(CNC2CCN(Cc3ccc(Cl)c(Cl)c3)CC2)cc1O. The highest BCUT2D eigenvalue weighted by molar-refractivity contribution is 6.42. The van der Waals surface area contributed by atoms with Crippen LogP contribution in [-0.4, -0.2) is 29.1 Å². The zero-order valence-corrected chi connectivity index (χ0v) is 15.8. The van der Waals surface area contributed by atoms with Crippen molar-refractivity contribution < 1.29 is 5.11 Å². The molecular weight excluding hydrogens is 373 g/mol. The van der Waals surface area contributed by atoms with Gasteiger partial charge in [0.2, 0.25) is 0 Å². The minimum Gasteiger partial charge on any atom is -0.506 e. The van der Waals surface area contributed by atoms with E-state index in [0.717, 1.165) is 38.0 Å². The molecule has 138 valence electrons. The number of nitrogens with zero attached hydrogens (tertiary/aromatic N) is 2. The summed E-state index contributed by atoms with van der Waals surface area (Å²) in [7, 11) is 0. The van der Waals surface area contributed by atoms with Crippen LogP contribution in [0.5, 0.6) is 5.75 Å². The Morgan fingerprint density at radius 1 is 1.08 bits per heavy atom. The lowest BCUT2D eigenvalue weighted by Gasteiger charge is -2.32. The highest BCUT2D eigenvalue weighted by Gasteiger charge is 2.19. The van der Waals surface area contributed by atoms with Gasteiger partial charge in [0.05, 0.1) is 10.0 Å². The van der Waals surface area contributed by atoms with Gasteiger partial charge in [-0.2, -0.15) is 0 Å². The summed E-state index contributed by atoms with van der Waals surface area (Å²) >= 11 is 12.0. The quantitative estimate of drug-likeness (QED) is 0.688. The fourth-order valence-electron chi connectivity index (χ4n) is 3.21. The van der Waals surface area contributed by atoms with Crippen molar-refractivity contribution in [1.29, 1.82) is 0 Å². The summed E-state index contributed by atoms with van der Waals surface area (Å²) in [5.74, 6) is -0.0734. The number of piperidine rings is 1. The van der Waals surface area contributed by atoms with Crippen LogP contribution in [0.2, 0.25) is 10.0 Å². The fourth-order valence-corrected chi connectivity index (χ4v) is 3.53. The van der Waals surface area contributed by atoms with E-state index in [1.807, 2.05) is 24.3 Å². The average Bonchev–Trinajstić information content (AvgIpc) is 2.64. The summed E-state index contributed by atoms with van der Waals surface area (Å²) < 4.78 is 0. The Morgan fingerprint density at radius 2 is 1.81 bits per heavy atom. The summed E-state index contributed by atoms with van der Waals surface area (Å²) in [5.41, 5.74) is 2.18. The molecule has 2 aromatic carbocycles. The number of rotatable bonds is 6. The van der Waals surface area contributed by atoms with Crippen LogP contribution in [0.3, 0.4) is 0 Å². The lowest BCUT2D eigenvalue weighted by Crippen LogP contribution is -2.41. The fraction of sp³-hybridized carbons (Fsp3) is 0.368. The molecule has 0 atom stereocenters. The maximum atomic E-state index is 10.5. The zero-order valence-electron chi connectivity index (χ0n) is 14.3. The molecule has 0 bridgehead atoms. The predicted octanol–water partition coefficient (Wildman–Crippen LogP) is 4.85. The van der Waals surface area contributed by atoms with E-state index in [4.69, 9.17) is 23.2 Å². The molecule has 5 nitrogen and oxygen atoms in total. The van der Waals surface area contributed by atoms with Gasteiger partial charge < -0.3 is 10.4 Å². The molecule has 2 N–H and O–H groups in total. The van der Waals surface area contributed by atoms with E-state index < -0.39 is 0 Å². The van der Waals surface area contributed by atoms with Crippen LogP contribution in [0, 0.1) is 4.91 Å². The van der Waals surface area contributed by atoms with Crippen molar-refractivity contribution in [2.24, 2.45) is 5.18 Å². The van der Waals surface area contributed by atoms with Crippen LogP contribution in [0.1, 0.15) is 24.0 Å². The largest absolute Gasteiger partial charge is 0.506 e. The number of hydrogen-bond acceptors (Lipinski definition) is 5. The summed E-state index contributed by atoms with van der Waals surface area (Å²) in [4.78, 5) is 12.9. The Balaban J connectivity index is 1.45. The Bertz CT molecular complexity index is 777. The molecule has 3 rings (SSSR count). The van der Waals surface area contributed by atoms with E-state index in [-0.39, 0.29) is 11.4 Å². The number of nitrogens with one attached hydrogen (secondary N) is 1. The van der Waals surface area contributed by atoms with Gasteiger partial charge in [0.1, 0.15) is 11.4 Å². The lowest BCUT2D eigenvalue weighted by atomic mass is 10.0. The third kappa shape index (κ3) is 4.95. The van der Waals surface area contributed by atoms with Gasteiger partial charge >= 0.3 is 0 Å². The van der Waals surface area contributed by atoms with E-state index in [0.29, 0.717) is 22.6 Å². The third-order valence-electron chi connectivity index (χ3n) is 4.71. The first-order valence-electron chi connectivity index (χ1n) is 8.60. The van der Waals surface area contributed by atoms with E-state index in [1.54, 1.807) is 12.1 Å². The van der Waals surface area contributed by atoms with E-state index in [9.17, 15) is 10.0 Å². The topological polar surface area (TPSA) is 64.9 Å². The lowest BCUT2D eigenvalue weighted by molar-refractivity contribution is 0.190. The van der Waals surface area contributed by atoms with E-state index in [1.165, 1.54) is 5.56 Å². The molecule has 0 spiro atoms. The molecule has 0 amide bonds. The first-order chi connectivity index (χ1) is 12.5. The Kier molecular flexibility index (Phi) is 6.48. The molecule has 0 saturated carbocycles. The minimum atomic E-state index is -0.0734. The molecule has 2 aromatic rings. The number of phenols is 1. The Morgan fingerprint density at radius 3 is 2.46 bits per heavy atom. The minimum absolute atomic E-state index is 0.0734. The van der Waals surface area contributed by atoms with Gasteiger partial charge in [-0.05, 0) is 66.5 Å². The molecular formula is C19H21Cl2N3O2. The normalized spacial score (nSPS) is 15.9. The molecule has 26 heavy (non-hydrogen) atoms. The number of hydrogen-bond donors (Lipinski definition) is 2. The van der Waals surface area contributed by atoms with Gasteiger partial charge in [-0.3, -0.25) is 4.90 Å². The Labute approximate surface area is 162 Å². The number of halogens is 2. The number of likely N-dealkylation sites (tertiary alicyclic amines) is 1. The van der Waals surface area contributed by atoms with Crippen molar-refractivity contribution in [2.45, 2.75) is 32.0 Å². The van der Waals surface area contributed by atoms with Crippen molar-refractivity contribution in [3.05, 3.63) is 62.5 Å². The van der Waals surface area contributed by atoms with Gasteiger partial charge in [0.15, 0.2) is 0 Å². The number of aromatic hydroxyl groups is 1. The van der Waals surface area contributed by atoms with E-state index in [2.05, 4.69) is 15.4 Å². The van der Waals surface area contributed by atoms with Crippen LogP contribution < -0.4 is 5.32 Å². The van der Waals surface area contributed by atoms with Crippen molar-refractivity contribution in [2.75, 3.05) is 13.1 Å².